The summed E-state index contributed by atoms with van der Waals surface area (Å²) in [5.74, 6) is 1.44. The fourth-order valence-electron chi connectivity index (χ4n) is 4.14. The Balaban J connectivity index is 2.07. The minimum absolute atomic E-state index is 0.172. The molecule has 1 aliphatic rings. The van der Waals surface area contributed by atoms with Crippen LogP contribution in [0.1, 0.15) is 72.3 Å². The molecule has 1 amide bonds. The highest BCUT2D eigenvalue weighted by Gasteiger charge is 2.38. The van der Waals surface area contributed by atoms with E-state index in [1.54, 1.807) is 6.92 Å². The third-order valence-electron chi connectivity index (χ3n) is 6.17. The molecule has 1 aromatic carbocycles. The molecule has 2 rings (SSSR count). The van der Waals surface area contributed by atoms with Gasteiger partial charge in [-0.1, -0.05) is 64.4 Å². The monoisotopic (exact) mass is 373 g/mol. The largest absolute Gasteiger partial charge is 0.378 e. The van der Waals surface area contributed by atoms with E-state index >= 15 is 0 Å². The van der Waals surface area contributed by atoms with Crippen LogP contribution in [0.2, 0.25) is 0 Å². The highest BCUT2D eigenvalue weighted by atomic mass is 16.5. The predicted molar refractivity (Wildman–Crippen MR) is 112 cm³/mol. The highest BCUT2D eigenvalue weighted by molar-refractivity contribution is 5.73. The number of ether oxygens (including phenoxy) is 1. The summed E-state index contributed by atoms with van der Waals surface area (Å²) in [5.41, 5.74) is 1.51. The molecule has 1 saturated heterocycles. The molecule has 1 heterocycles. The molecule has 1 fully saturated rings. The van der Waals surface area contributed by atoms with E-state index < -0.39 is 0 Å². The van der Waals surface area contributed by atoms with Crippen LogP contribution in [0.5, 0.6) is 0 Å². The molecule has 3 heteroatoms. The number of rotatable bonds is 9. The Morgan fingerprint density at radius 1 is 1.19 bits per heavy atom. The quantitative estimate of drug-likeness (QED) is 0.557. The van der Waals surface area contributed by atoms with Gasteiger partial charge in [0.1, 0.15) is 0 Å². The van der Waals surface area contributed by atoms with Gasteiger partial charge in [0.15, 0.2) is 0 Å². The molecule has 0 N–H and O–H groups in total. The van der Waals surface area contributed by atoms with Gasteiger partial charge in [-0.15, -0.1) is 0 Å². The van der Waals surface area contributed by atoms with Gasteiger partial charge in [-0.3, -0.25) is 4.79 Å². The number of benzene rings is 1. The SMILES string of the molecule is CC(=O)N(CC[C@]1(CCC(C)C)CCO[C@H](C(C)C)C1)Cc1ccccc1. The minimum Gasteiger partial charge on any atom is -0.378 e. The molecule has 2 atom stereocenters. The molecule has 0 radical (unpaired) electrons. The Kier molecular flexibility index (Phi) is 8.34. The first-order valence-corrected chi connectivity index (χ1v) is 10.7. The predicted octanol–water partition coefficient (Wildman–Crippen LogP) is 5.68. The van der Waals surface area contributed by atoms with Gasteiger partial charge >= 0.3 is 0 Å². The van der Waals surface area contributed by atoms with Gasteiger partial charge in [0.2, 0.25) is 5.91 Å². The summed E-state index contributed by atoms with van der Waals surface area (Å²) < 4.78 is 6.07. The van der Waals surface area contributed by atoms with E-state index in [1.165, 1.54) is 18.4 Å². The molecule has 3 nitrogen and oxygen atoms in total. The number of carbonyl (C=O) groups excluding carboxylic acids is 1. The third kappa shape index (κ3) is 6.95. The van der Waals surface area contributed by atoms with Crippen molar-refractivity contribution < 1.29 is 9.53 Å². The van der Waals surface area contributed by atoms with Crippen molar-refractivity contribution in [3.05, 3.63) is 35.9 Å². The molecule has 27 heavy (non-hydrogen) atoms. The average Bonchev–Trinajstić information content (AvgIpc) is 2.64. The zero-order valence-corrected chi connectivity index (χ0v) is 18.0. The van der Waals surface area contributed by atoms with Crippen LogP contribution in [0, 0.1) is 17.3 Å². The van der Waals surface area contributed by atoms with E-state index in [9.17, 15) is 4.79 Å². The van der Waals surface area contributed by atoms with E-state index in [4.69, 9.17) is 4.74 Å². The summed E-state index contributed by atoms with van der Waals surface area (Å²) in [7, 11) is 0. The van der Waals surface area contributed by atoms with E-state index in [0.29, 0.717) is 24.0 Å². The Morgan fingerprint density at radius 2 is 1.89 bits per heavy atom. The smallest absolute Gasteiger partial charge is 0.219 e. The summed E-state index contributed by atoms with van der Waals surface area (Å²) in [5, 5.41) is 0. The minimum atomic E-state index is 0.172. The normalized spacial score (nSPS) is 23.0. The second-order valence-corrected chi connectivity index (χ2v) is 9.22. The van der Waals surface area contributed by atoms with Crippen molar-refractivity contribution in [1.29, 1.82) is 0 Å². The van der Waals surface area contributed by atoms with Crippen molar-refractivity contribution in [2.75, 3.05) is 13.2 Å². The molecule has 0 unspecified atom stereocenters. The molecule has 1 aliphatic heterocycles. The average molecular weight is 374 g/mol. The lowest BCUT2D eigenvalue weighted by molar-refractivity contribution is -0.130. The summed E-state index contributed by atoms with van der Waals surface area (Å²) >= 11 is 0. The maximum atomic E-state index is 12.3. The van der Waals surface area contributed by atoms with Gasteiger partial charge in [0.05, 0.1) is 6.10 Å². The fourth-order valence-corrected chi connectivity index (χ4v) is 4.14. The van der Waals surface area contributed by atoms with E-state index in [1.807, 2.05) is 23.1 Å². The Labute approximate surface area is 166 Å². The van der Waals surface area contributed by atoms with Crippen molar-refractivity contribution >= 4 is 5.91 Å². The molecule has 0 saturated carbocycles. The molecule has 0 bridgehead atoms. The van der Waals surface area contributed by atoms with Crippen LogP contribution in [-0.2, 0) is 16.1 Å². The maximum Gasteiger partial charge on any atom is 0.219 e. The lowest BCUT2D eigenvalue weighted by Crippen LogP contribution is -2.41. The standard InChI is InChI=1S/C24H39NO2/c1-19(2)11-12-24(14-16-27-23(17-24)20(3)4)13-15-25(21(5)26)18-22-9-7-6-8-10-22/h6-10,19-20,23H,11-18H2,1-5H3/t23-,24+/m0/s1. The number of amides is 1. The molecule has 152 valence electrons. The van der Waals surface area contributed by atoms with Crippen LogP contribution >= 0.6 is 0 Å². The molecule has 1 aromatic rings. The summed E-state index contributed by atoms with van der Waals surface area (Å²) in [4.78, 5) is 14.3. The van der Waals surface area contributed by atoms with Crippen molar-refractivity contribution in [1.82, 2.24) is 4.90 Å². The van der Waals surface area contributed by atoms with Crippen molar-refractivity contribution in [3.8, 4) is 0 Å². The van der Waals surface area contributed by atoms with Crippen LogP contribution in [-0.4, -0.2) is 30.1 Å². The molecular formula is C24H39NO2. The van der Waals surface area contributed by atoms with Gasteiger partial charge in [0.25, 0.3) is 0 Å². The first-order valence-electron chi connectivity index (χ1n) is 10.7. The zero-order valence-electron chi connectivity index (χ0n) is 18.0. The number of nitrogens with zero attached hydrogens (tertiary/aromatic N) is 1. The van der Waals surface area contributed by atoms with Gasteiger partial charge in [-0.05, 0) is 48.5 Å². The van der Waals surface area contributed by atoms with E-state index in [0.717, 1.165) is 38.3 Å². The van der Waals surface area contributed by atoms with Gasteiger partial charge in [-0.2, -0.15) is 0 Å². The van der Waals surface area contributed by atoms with Crippen molar-refractivity contribution in [2.45, 2.75) is 79.4 Å². The lowest BCUT2D eigenvalue weighted by Gasteiger charge is -2.44. The lowest BCUT2D eigenvalue weighted by atomic mass is 9.69. The van der Waals surface area contributed by atoms with Crippen molar-refractivity contribution in [3.63, 3.8) is 0 Å². The number of hydrogen-bond donors (Lipinski definition) is 0. The topological polar surface area (TPSA) is 29.5 Å². The van der Waals surface area contributed by atoms with Crippen LogP contribution in [0.15, 0.2) is 30.3 Å². The molecule has 0 aromatic heterocycles. The Morgan fingerprint density at radius 3 is 2.48 bits per heavy atom. The van der Waals surface area contributed by atoms with E-state index in [2.05, 4.69) is 39.8 Å². The number of carbonyl (C=O) groups is 1. The maximum absolute atomic E-state index is 12.3. The van der Waals surface area contributed by atoms with Crippen LogP contribution in [0.4, 0.5) is 0 Å². The zero-order chi connectivity index (χ0) is 19.9. The summed E-state index contributed by atoms with van der Waals surface area (Å²) in [6.07, 6.45) is 6.19. The third-order valence-corrected chi connectivity index (χ3v) is 6.17. The van der Waals surface area contributed by atoms with Crippen molar-refractivity contribution in [2.24, 2.45) is 17.3 Å². The Hall–Kier alpha value is -1.35. The van der Waals surface area contributed by atoms with Gasteiger partial charge in [-0.25, -0.2) is 0 Å². The second kappa shape index (κ2) is 10.3. The van der Waals surface area contributed by atoms with Crippen LogP contribution in [0.25, 0.3) is 0 Å². The molecule has 0 spiro atoms. The van der Waals surface area contributed by atoms with Gasteiger partial charge in [0, 0.05) is 26.6 Å². The highest BCUT2D eigenvalue weighted by Crippen LogP contribution is 2.43. The molecular weight excluding hydrogens is 334 g/mol. The number of hydrogen-bond acceptors (Lipinski definition) is 2. The molecule has 0 aliphatic carbocycles. The Bertz CT molecular complexity index is 569. The second-order valence-electron chi connectivity index (χ2n) is 9.22. The fraction of sp³-hybridized carbons (Fsp3) is 0.708. The first-order chi connectivity index (χ1) is 12.8. The van der Waals surface area contributed by atoms with Gasteiger partial charge < -0.3 is 9.64 Å². The van der Waals surface area contributed by atoms with Crippen LogP contribution in [0.3, 0.4) is 0 Å². The van der Waals surface area contributed by atoms with E-state index in [-0.39, 0.29) is 5.91 Å². The first kappa shape index (κ1) is 21.9. The summed E-state index contributed by atoms with van der Waals surface area (Å²) in [6.45, 7) is 13.3. The summed E-state index contributed by atoms with van der Waals surface area (Å²) in [6, 6.07) is 10.3. The van der Waals surface area contributed by atoms with Crippen LogP contribution < -0.4 is 0 Å².